The number of furan rings is 2. The second kappa shape index (κ2) is 11.2. The second-order valence-corrected chi connectivity index (χ2v) is 13.2. The highest BCUT2D eigenvalue weighted by molar-refractivity contribution is 6.21. The fourth-order valence-corrected chi connectivity index (χ4v) is 7.55. The third-order valence-corrected chi connectivity index (χ3v) is 10.1. The number of rotatable bonds is 4. The van der Waals surface area contributed by atoms with E-state index < -0.39 is 0 Å². The molecule has 11 aromatic rings. The monoisotopic (exact) mass is 665 g/mol. The first-order valence-corrected chi connectivity index (χ1v) is 17.3. The first-order valence-electron chi connectivity index (χ1n) is 17.3. The van der Waals surface area contributed by atoms with Gasteiger partial charge >= 0.3 is 0 Å². The second-order valence-electron chi connectivity index (χ2n) is 13.2. The van der Waals surface area contributed by atoms with Crippen molar-refractivity contribution in [2.45, 2.75) is 0 Å². The summed E-state index contributed by atoms with van der Waals surface area (Å²) in [7, 11) is 0. The Hall–Kier alpha value is -7.11. The van der Waals surface area contributed by atoms with Crippen molar-refractivity contribution in [2.75, 3.05) is 0 Å². The van der Waals surface area contributed by atoms with Crippen molar-refractivity contribution in [2.24, 2.45) is 0 Å². The van der Waals surface area contributed by atoms with Crippen LogP contribution in [-0.2, 0) is 0 Å². The molecule has 11 rings (SSSR count). The van der Waals surface area contributed by atoms with Gasteiger partial charge in [-0.2, -0.15) is 0 Å². The Labute approximate surface area is 297 Å². The number of para-hydroxylation sites is 2. The lowest BCUT2D eigenvalue weighted by Gasteiger charge is -2.12. The lowest BCUT2D eigenvalue weighted by Crippen LogP contribution is -2.00. The quantitative estimate of drug-likeness (QED) is 0.187. The average molecular weight is 666 g/mol. The molecule has 0 N–H and O–H groups in total. The lowest BCUT2D eigenvalue weighted by molar-refractivity contribution is 0.669. The zero-order valence-electron chi connectivity index (χ0n) is 27.7. The maximum atomic E-state index is 6.64. The maximum absolute atomic E-state index is 6.64. The van der Waals surface area contributed by atoms with E-state index in [1.807, 2.05) is 48.5 Å². The summed E-state index contributed by atoms with van der Waals surface area (Å²) in [6.07, 6.45) is 0. The molecule has 0 saturated carbocycles. The van der Waals surface area contributed by atoms with Gasteiger partial charge in [-0.25, -0.2) is 15.0 Å². The summed E-state index contributed by atoms with van der Waals surface area (Å²) in [5.41, 5.74) is 8.18. The van der Waals surface area contributed by atoms with Gasteiger partial charge in [0.1, 0.15) is 22.3 Å². The van der Waals surface area contributed by atoms with Crippen molar-refractivity contribution in [3.05, 3.63) is 164 Å². The molecule has 242 valence electrons. The largest absolute Gasteiger partial charge is 0.456 e. The van der Waals surface area contributed by atoms with Crippen LogP contribution in [0.4, 0.5) is 0 Å². The SMILES string of the molecule is c1ccc(-c2ccc3c(c2)cc(-c2nc(-c4ccc5ccccc5c4)nc(-c4ccc5c(c4)oc4ccccc45)n2)c2c4ccccc4oc32)cc1. The molecule has 5 heteroatoms. The summed E-state index contributed by atoms with van der Waals surface area (Å²) in [5, 5.41) is 8.48. The number of fused-ring (bicyclic) bond motifs is 9. The summed E-state index contributed by atoms with van der Waals surface area (Å²) >= 11 is 0. The van der Waals surface area contributed by atoms with Crippen LogP contribution in [0.2, 0.25) is 0 Å². The molecule has 0 aliphatic carbocycles. The summed E-state index contributed by atoms with van der Waals surface area (Å²) in [6, 6.07) is 56.4. The van der Waals surface area contributed by atoms with E-state index in [1.165, 1.54) is 0 Å². The number of hydrogen-bond acceptors (Lipinski definition) is 5. The molecular formula is C47H27N3O2. The van der Waals surface area contributed by atoms with Crippen LogP contribution in [0.3, 0.4) is 0 Å². The molecule has 0 fully saturated rings. The Morgan fingerprint density at radius 1 is 0.327 bits per heavy atom. The van der Waals surface area contributed by atoms with Crippen LogP contribution >= 0.6 is 0 Å². The van der Waals surface area contributed by atoms with Crippen LogP contribution < -0.4 is 0 Å². The highest BCUT2D eigenvalue weighted by Crippen LogP contribution is 2.42. The van der Waals surface area contributed by atoms with E-state index in [-0.39, 0.29) is 0 Å². The van der Waals surface area contributed by atoms with E-state index in [0.29, 0.717) is 17.5 Å². The Balaban J connectivity index is 1.20. The van der Waals surface area contributed by atoms with Gasteiger partial charge in [0.25, 0.3) is 0 Å². The van der Waals surface area contributed by atoms with E-state index in [4.69, 9.17) is 23.8 Å². The van der Waals surface area contributed by atoms with E-state index in [0.717, 1.165) is 93.2 Å². The van der Waals surface area contributed by atoms with E-state index in [1.54, 1.807) is 0 Å². The molecule has 0 spiro atoms. The van der Waals surface area contributed by atoms with Gasteiger partial charge in [-0.15, -0.1) is 0 Å². The van der Waals surface area contributed by atoms with Crippen molar-refractivity contribution in [1.82, 2.24) is 15.0 Å². The van der Waals surface area contributed by atoms with Gasteiger partial charge in [-0.3, -0.25) is 0 Å². The number of hydrogen-bond donors (Lipinski definition) is 0. The number of benzene rings is 8. The average Bonchev–Trinajstić information content (AvgIpc) is 3.79. The molecule has 0 aliphatic rings. The first kappa shape index (κ1) is 28.7. The van der Waals surface area contributed by atoms with E-state index in [2.05, 4.69) is 115 Å². The Bertz CT molecular complexity index is 3190. The normalized spacial score (nSPS) is 11.8. The highest BCUT2D eigenvalue weighted by Gasteiger charge is 2.21. The summed E-state index contributed by atoms with van der Waals surface area (Å²) in [5.74, 6) is 1.73. The lowest BCUT2D eigenvalue weighted by atomic mass is 9.96. The molecule has 5 nitrogen and oxygen atoms in total. The highest BCUT2D eigenvalue weighted by atomic mass is 16.3. The minimum absolute atomic E-state index is 0.564. The molecule has 3 heterocycles. The third-order valence-electron chi connectivity index (χ3n) is 10.1. The van der Waals surface area contributed by atoms with Crippen molar-refractivity contribution in [3.8, 4) is 45.3 Å². The summed E-state index contributed by atoms with van der Waals surface area (Å²) < 4.78 is 12.9. The van der Waals surface area contributed by atoms with Gasteiger partial charge in [-0.1, -0.05) is 115 Å². The van der Waals surface area contributed by atoms with E-state index >= 15 is 0 Å². The predicted molar refractivity (Wildman–Crippen MR) is 211 cm³/mol. The van der Waals surface area contributed by atoms with Gasteiger partial charge < -0.3 is 8.83 Å². The minimum Gasteiger partial charge on any atom is -0.456 e. The molecule has 0 amide bonds. The summed E-state index contributed by atoms with van der Waals surface area (Å²) in [4.78, 5) is 15.6. The Kier molecular flexibility index (Phi) is 6.18. The molecule has 3 aromatic heterocycles. The van der Waals surface area contributed by atoms with Crippen LogP contribution in [-0.4, -0.2) is 15.0 Å². The smallest absolute Gasteiger partial charge is 0.164 e. The van der Waals surface area contributed by atoms with Crippen LogP contribution in [0.15, 0.2) is 173 Å². The topological polar surface area (TPSA) is 65.0 Å². The molecule has 0 saturated heterocycles. The van der Waals surface area contributed by atoms with Gasteiger partial charge in [0, 0.05) is 43.6 Å². The minimum atomic E-state index is 0.564. The Morgan fingerprint density at radius 2 is 0.923 bits per heavy atom. The van der Waals surface area contributed by atoms with Crippen molar-refractivity contribution in [1.29, 1.82) is 0 Å². The van der Waals surface area contributed by atoms with Gasteiger partial charge in [0.2, 0.25) is 0 Å². The zero-order chi connectivity index (χ0) is 34.2. The maximum Gasteiger partial charge on any atom is 0.164 e. The van der Waals surface area contributed by atoms with Crippen molar-refractivity contribution in [3.63, 3.8) is 0 Å². The van der Waals surface area contributed by atoms with Crippen LogP contribution in [0, 0.1) is 0 Å². The first-order chi connectivity index (χ1) is 25.7. The van der Waals surface area contributed by atoms with Crippen LogP contribution in [0.25, 0.3) is 111 Å². The van der Waals surface area contributed by atoms with Crippen molar-refractivity contribution < 1.29 is 8.83 Å². The molecule has 0 atom stereocenters. The number of nitrogens with zero attached hydrogens (tertiary/aromatic N) is 3. The van der Waals surface area contributed by atoms with Crippen LogP contribution in [0.1, 0.15) is 0 Å². The zero-order valence-corrected chi connectivity index (χ0v) is 27.7. The van der Waals surface area contributed by atoms with E-state index in [9.17, 15) is 0 Å². The Morgan fingerprint density at radius 3 is 1.77 bits per heavy atom. The van der Waals surface area contributed by atoms with Gasteiger partial charge in [-0.05, 0) is 75.8 Å². The third kappa shape index (κ3) is 4.53. The molecule has 0 radical (unpaired) electrons. The fourth-order valence-electron chi connectivity index (χ4n) is 7.55. The molecular weight excluding hydrogens is 639 g/mol. The molecule has 0 aliphatic heterocycles. The fraction of sp³-hybridized carbons (Fsp3) is 0. The summed E-state index contributed by atoms with van der Waals surface area (Å²) in [6.45, 7) is 0. The predicted octanol–water partition coefficient (Wildman–Crippen LogP) is 12.6. The standard InChI is InChI=1S/C47H27N3O2/c1-2-10-28(11-3-1)31-20-22-35-34(25-31)26-39(43-38-15-7-9-17-41(38)52-44(35)43)47-49-45(32-19-18-29-12-4-5-13-30(29)24-32)48-46(50-47)33-21-23-37-36-14-6-8-16-40(36)51-42(37)27-33/h1-27H. The van der Waals surface area contributed by atoms with Crippen molar-refractivity contribution >= 4 is 65.4 Å². The van der Waals surface area contributed by atoms with Gasteiger partial charge in [0.15, 0.2) is 17.5 Å². The molecule has 0 bridgehead atoms. The molecule has 8 aromatic carbocycles. The van der Waals surface area contributed by atoms with Crippen LogP contribution in [0.5, 0.6) is 0 Å². The number of aromatic nitrogens is 3. The van der Waals surface area contributed by atoms with Gasteiger partial charge in [0.05, 0.1) is 0 Å². The molecule has 52 heavy (non-hydrogen) atoms. The molecule has 0 unspecified atom stereocenters.